The molecule has 1 fully saturated rings. The summed E-state index contributed by atoms with van der Waals surface area (Å²) in [7, 11) is 4.15. The first-order chi connectivity index (χ1) is 8.47. The number of aliphatic carboxylic acids is 1. The Morgan fingerprint density at radius 2 is 2.06 bits per heavy atom. The second kappa shape index (κ2) is 7.71. The van der Waals surface area contributed by atoms with Crippen molar-refractivity contribution in [2.75, 3.05) is 40.3 Å². The Balaban J connectivity index is 2.16. The average Bonchev–Trinajstić information content (AvgIpc) is 2.29. The highest BCUT2D eigenvalue weighted by molar-refractivity contribution is 5.66. The van der Waals surface area contributed by atoms with Gasteiger partial charge in [-0.1, -0.05) is 0 Å². The molecular formula is C13H26N2O3. The number of carboxylic acids is 1. The molecule has 0 aromatic carbocycles. The largest absolute Gasteiger partial charge is 0.481 e. The Labute approximate surface area is 109 Å². The van der Waals surface area contributed by atoms with Crippen LogP contribution in [0.1, 0.15) is 25.7 Å². The highest BCUT2D eigenvalue weighted by atomic mass is 16.4. The number of aliphatic hydroxyl groups is 1. The van der Waals surface area contributed by atoms with Crippen molar-refractivity contribution in [3.63, 3.8) is 0 Å². The zero-order chi connectivity index (χ0) is 13.5. The molecule has 106 valence electrons. The predicted molar refractivity (Wildman–Crippen MR) is 70.6 cm³/mol. The van der Waals surface area contributed by atoms with Gasteiger partial charge in [0, 0.05) is 19.5 Å². The van der Waals surface area contributed by atoms with Gasteiger partial charge in [-0.05, 0) is 52.4 Å². The zero-order valence-electron chi connectivity index (χ0n) is 11.5. The molecule has 0 aliphatic carbocycles. The van der Waals surface area contributed by atoms with E-state index in [-0.39, 0.29) is 6.42 Å². The number of carbonyl (C=O) groups is 1. The highest BCUT2D eigenvalue weighted by Gasteiger charge is 2.19. The van der Waals surface area contributed by atoms with Crippen LogP contribution < -0.4 is 0 Å². The maximum absolute atomic E-state index is 10.4. The third kappa shape index (κ3) is 6.33. The van der Waals surface area contributed by atoms with Crippen LogP contribution in [0.25, 0.3) is 0 Å². The Kier molecular flexibility index (Phi) is 6.60. The van der Waals surface area contributed by atoms with Crippen molar-refractivity contribution in [1.29, 1.82) is 0 Å². The molecule has 0 spiro atoms. The number of aliphatic hydroxyl groups excluding tert-OH is 1. The van der Waals surface area contributed by atoms with Gasteiger partial charge in [-0.15, -0.1) is 0 Å². The van der Waals surface area contributed by atoms with Gasteiger partial charge >= 0.3 is 5.97 Å². The summed E-state index contributed by atoms with van der Waals surface area (Å²) in [6, 6.07) is 0. The van der Waals surface area contributed by atoms with Crippen molar-refractivity contribution in [3.05, 3.63) is 0 Å². The number of rotatable bonds is 7. The van der Waals surface area contributed by atoms with Gasteiger partial charge in [0.25, 0.3) is 0 Å². The van der Waals surface area contributed by atoms with Crippen LogP contribution in [-0.2, 0) is 4.79 Å². The molecule has 18 heavy (non-hydrogen) atoms. The molecule has 0 saturated carbocycles. The fraction of sp³-hybridized carbons (Fsp3) is 0.923. The Hall–Kier alpha value is -0.650. The number of likely N-dealkylation sites (tertiary alicyclic amines) is 1. The molecule has 5 heteroatoms. The Bertz CT molecular complexity index is 253. The molecule has 1 rings (SSSR count). The zero-order valence-corrected chi connectivity index (χ0v) is 11.5. The maximum Gasteiger partial charge on any atom is 0.303 e. The number of hydrogen-bond donors (Lipinski definition) is 2. The quantitative estimate of drug-likeness (QED) is 0.695. The molecule has 1 atom stereocenters. The van der Waals surface area contributed by atoms with Gasteiger partial charge in [0.05, 0.1) is 6.10 Å². The lowest BCUT2D eigenvalue weighted by atomic mass is 9.96. The van der Waals surface area contributed by atoms with Crippen molar-refractivity contribution < 1.29 is 15.0 Å². The summed E-state index contributed by atoms with van der Waals surface area (Å²) in [5.74, 6) is -0.134. The Morgan fingerprint density at radius 1 is 1.44 bits per heavy atom. The van der Waals surface area contributed by atoms with Gasteiger partial charge in [0.1, 0.15) is 0 Å². The number of likely N-dealkylation sites (N-methyl/N-ethyl adjacent to an activating group) is 1. The van der Waals surface area contributed by atoms with Crippen molar-refractivity contribution in [2.45, 2.75) is 31.8 Å². The summed E-state index contributed by atoms with van der Waals surface area (Å²) in [5.41, 5.74) is 0. The van der Waals surface area contributed by atoms with Gasteiger partial charge in [0.15, 0.2) is 0 Å². The van der Waals surface area contributed by atoms with Crippen LogP contribution in [0.3, 0.4) is 0 Å². The number of piperidine rings is 1. The van der Waals surface area contributed by atoms with Crippen molar-refractivity contribution in [3.8, 4) is 0 Å². The molecular weight excluding hydrogens is 232 g/mol. The van der Waals surface area contributed by atoms with E-state index in [4.69, 9.17) is 5.11 Å². The van der Waals surface area contributed by atoms with E-state index in [2.05, 4.69) is 16.8 Å². The number of carboxylic acid groups (broad SMARTS) is 1. The SMILES string of the molecule is CN1CCC(CN(C)CC(O)CCC(=O)O)CC1. The predicted octanol–water partition coefficient (Wildman–Crippen LogP) is 0.486. The molecule has 1 heterocycles. The van der Waals surface area contributed by atoms with E-state index in [1.54, 1.807) is 0 Å². The van der Waals surface area contributed by atoms with Gasteiger partial charge < -0.3 is 20.0 Å². The summed E-state index contributed by atoms with van der Waals surface area (Å²) in [6.07, 6.45) is 2.28. The van der Waals surface area contributed by atoms with Crippen LogP contribution in [0.4, 0.5) is 0 Å². The van der Waals surface area contributed by atoms with Gasteiger partial charge in [-0.3, -0.25) is 4.79 Å². The van der Waals surface area contributed by atoms with E-state index in [9.17, 15) is 9.90 Å². The topological polar surface area (TPSA) is 64.0 Å². The lowest BCUT2D eigenvalue weighted by Crippen LogP contribution is -2.38. The van der Waals surface area contributed by atoms with Crippen LogP contribution >= 0.6 is 0 Å². The van der Waals surface area contributed by atoms with Gasteiger partial charge in [-0.25, -0.2) is 0 Å². The number of nitrogens with zero attached hydrogens (tertiary/aromatic N) is 2. The van der Waals surface area contributed by atoms with E-state index in [1.807, 2.05) is 7.05 Å². The first kappa shape index (κ1) is 15.4. The van der Waals surface area contributed by atoms with E-state index in [0.29, 0.717) is 18.9 Å². The molecule has 5 nitrogen and oxygen atoms in total. The number of hydrogen-bond acceptors (Lipinski definition) is 4. The Morgan fingerprint density at radius 3 is 2.61 bits per heavy atom. The molecule has 1 unspecified atom stereocenters. The smallest absolute Gasteiger partial charge is 0.303 e. The van der Waals surface area contributed by atoms with Crippen molar-refractivity contribution in [1.82, 2.24) is 9.80 Å². The first-order valence-corrected chi connectivity index (χ1v) is 6.74. The van der Waals surface area contributed by atoms with E-state index >= 15 is 0 Å². The summed E-state index contributed by atoms with van der Waals surface area (Å²) in [5, 5.41) is 18.3. The minimum absolute atomic E-state index is 0.0449. The molecule has 2 N–H and O–H groups in total. The summed E-state index contributed by atoms with van der Waals surface area (Å²) >= 11 is 0. The summed E-state index contributed by atoms with van der Waals surface area (Å²) < 4.78 is 0. The van der Waals surface area contributed by atoms with E-state index in [0.717, 1.165) is 19.6 Å². The average molecular weight is 258 g/mol. The van der Waals surface area contributed by atoms with E-state index in [1.165, 1.54) is 12.8 Å². The molecule has 0 aromatic rings. The minimum Gasteiger partial charge on any atom is -0.481 e. The summed E-state index contributed by atoms with van der Waals surface area (Å²) in [6.45, 7) is 3.87. The third-order valence-corrected chi connectivity index (χ3v) is 3.62. The molecule has 0 bridgehead atoms. The highest BCUT2D eigenvalue weighted by Crippen LogP contribution is 2.17. The van der Waals surface area contributed by atoms with Crippen LogP contribution in [0.2, 0.25) is 0 Å². The summed E-state index contributed by atoms with van der Waals surface area (Å²) in [4.78, 5) is 14.9. The minimum atomic E-state index is -0.841. The van der Waals surface area contributed by atoms with Gasteiger partial charge in [-0.2, -0.15) is 0 Å². The molecule has 0 amide bonds. The van der Waals surface area contributed by atoms with Crippen molar-refractivity contribution in [2.24, 2.45) is 5.92 Å². The normalized spacial score (nSPS) is 20.2. The molecule has 1 aliphatic rings. The van der Waals surface area contributed by atoms with Crippen LogP contribution in [0.5, 0.6) is 0 Å². The second-order valence-corrected chi connectivity index (χ2v) is 5.55. The molecule has 0 aromatic heterocycles. The van der Waals surface area contributed by atoms with Crippen LogP contribution in [0.15, 0.2) is 0 Å². The fourth-order valence-electron chi connectivity index (χ4n) is 2.50. The molecule has 0 radical (unpaired) electrons. The third-order valence-electron chi connectivity index (χ3n) is 3.62. The van der Waals surface area contributed by atoms with Crippen molar-refractivity contribution >= 4 is 5.97 Å². The standard InChI is InChI=1S/C13H26N2O3/c1-14-7-5-11(6-8-14)9-15(2)10-12(16)3-4-13(17)18/h11-12,16H,3-10H2,1-2H3,(H,17,18). The molecule has 1 saturated heterocycles. The second-order valence-electron chi connectivity index (χ2n) is 5.55. The van der Waals surface area contributed by atoms with Crippen LogP contribution in [-0.4, -0.2) is 72.4 Å². The lowest BCUT2D eigenvalue weighted by molar-refractivity contribution is -0.137. The first-order valence-electron chi connectivity index (χ1n) is 6.74. The van der Waals surface area contributed by atoms with Crippen LogP contribution in [0, 0.1) is 5.92 Å². The van der Waals surface area contributed by atoms with Gasteiger partial charge in [0.2, 0.25) is 0 Å². The molecule has 1 aliphatic heterocycles. The van der Waals surface area contributed by atoms with E-state index < -0.39 is 12.1 Å². The fourth-order valence-corrected chi connectivity index (χ4v) is 2.50. The maximum atomic E-state index is 10.4. The lowest BCUT2D eigenvalue weighted by Gasteiger charge is -2.32. The monoisotopic (exact) mass is 258 g/mol.